The summed E-state index contributed by atoms with van der Waals surface area (Å²) in [5, 5.41) is 0.785. The molecule has 1 N–H and O–H groups in total. The number of imidazole rings is 1. The van der Waals surface area contributed by atoms with Gasteiger partial charge < -0.3 is 4.98 Å². The van der Waals surface area contributed by atoms with Crippen LogP contribution in [0.4, 0.5) is 0 Å². The number of hydrogen-bond donors (Lipinski definition) is 1. The summed E-state index contributed by atoms with van der Waals surface area (Å²) in [6, 6.07) is 16.7. The quantitative estimate of drug-likeness (QED) is 0.464. The van der Waals surface area contributed by atoms with Gasteiger partial charge in [-0.2, -0.15) is 0 Å². The minimum Gasteiger partial charge on any atom is -0.348 e. The first-order valence-corrected chi connectivity index (χ1v) is 9.51. The molecule has 25 heavy (non-hydrogen) atoms. The Bertz CT molecular complexity index is 790. The van der Waals surface area contributed by atoms with Gasteiger partial charge in [0.05, 0.1) is 5.69 Å². The van der Waals surface area contributed by atoms with Crippen molar-refractivity contribution in [2.75, 3.05) is 0 Å². The predicted molar refractivity (Wildman–Crippen MR) is 106 cm³/mol. The second-order valence-corrected chi connectivity index (χ2v) is 6.92. The number of unbranched alkanes of at least 4 members (excludes halogenated alkanes) is 3. The highest BCUT2D eigenvalue weighted by atomic mass is 35.5. The van der Waals surface area contributed by atoms with Gasteiger partial charge in [0.25, 0.3) is 0 Å². The molecule has 2 nitrogen and oxygen atoms in total. The van der Waals surface area contributed by atoms with Crippen LogP contribution in [0.5, 0.6) is 0 Å². The van der Waals surface area contributed by atoms with E-state index in [0.717, 1.165) is 34.1 Å². The van der Waals surface area contributed by atoms with Crippen molar-refractivity contribution in [2.24, 2.45) is 0 Å². The molecule has 3 heteroatoms. The Hall–Kier alpha value is -2.06. The summed E-state index contributed by atoms with van der Waals surface area (Å²) in [4.78, 5) is 7.99. The van der Waals surface area contributed by atoms with E-state index in [1.807, 2.05) is 30.5 Å². The average molecular weight is 353 g/mol. The third kappa shape index (κ3) is 4.96. The first kappa shape index (κ1) is 17.8. The number of benzene rings is 2. The van der Waals surface area contributed by atoms with Gasteiger partial charge in [0, 0.05) is 23.2 Å². The van der Waals surface area contributed by atoms with Gasteiger partial charge in [-0.1, -0.05) is 80.3 Å². The Labute approximate surface area is 155 Å². The van der Waals surface area contributed by atoms with E-state index in [1.54, 1.807) is 0 Å². The van der Waals surface area contributed by atoms with Crippen LogP contribution in [0.3, 0.4) is 0 Å². The molecule has 130 valence electrons. The van der Waals surface area contributed by atoms with Crippen LogP contribution in [0, 0.1) is 0 Å². The molecule has 1 heterocycles. The van der Waals surface area contributed by atoms with Crippen LogP contribution in [0.1, 0.15) is 49.6 Å². The van der Waals surface area contributed by atoms with Crippen molar-refractivity contribution in [3.63, 3.8) is 0 Å². The molecule has 0 saturated carbocycles. The van der Waals surface area contributed by atoms with Crippen LogP contribution < -0.4 is 0 Å². The van der Waals surface area contributed by atoms with Crippen LogP contribution in [0.15, 0.2) is 54.7 Å². The first-order chi connectivity index (χ1) is 12.3. The number of halogens is 1. The molecule has 0 aliphatic carbocycles. The van der Waals surface area contributed by atoms with E-state index < -0.39 is 0 Å². The number of aromatic amines is 1. The van der Waals surface area contributed by atoms with Gasteiger partial charge in [0.2, 0.25) is 0 Å². The molecule has 0 unspecified atom stereocenters. The molecule has 1 aromatic heterocycles. The number of nitrogens with zero attached hydrogens (tertiary/aromatic N) is 1. The maximum absolute atomic E-state index is 6.24. The van der Waals surface area contributed by atoms with Crippen molar-refractivity contribution < 1.29 is 0 Å². The normalized spacial score (nSPS) is 11.0. The molecule has 0 fully saturated rings. The van der Waals surface area contributed by atoms with Crippen molar-refractivity contribution in [2.45, 2.75) is 45.4 Å². The van der Waals surface area contributed by atoms with Gasteiger partial charge in [0.1, 0.15) is 5.82 Å². The summed E-state index contributed by atoms with van der Waals surface area (Å²) in [6.45, 7) is 2.25. The van der Waals surface area contributed by atoms with Crippen LogP contribution in [0.2, 0.25) is 5.02 Å². The maximum Gasteiger partial charge on any atom is 0.111 e. The van der Waals surface area contributed by atoms with Crippen LogP contribution in [0.25, 0.3) is 11.3 Å². The molecule has 0 saturated heterocycles. The summed E-state index contributed by atoms with van der Waals surface area (Å²) in [5.74, 6) is 0.937. The average Bonchev–Trinajstić information content (AvgIpc) is 3.10. The molecular weight excluding hydrogens is 328 g/mol. The Kier molecular flexibility index (Phi) is 6.30. The first-order valence-electron chi connectivity index (χ1n) is 9.13. The maximum atomic E-state index is 6.24. The Balaban J connectivity index is 1.63. The van der Waals surface area contributed by atoms with Gasteiger partial charge in [-0.15, -0.1) is 0 Å². The van der Waals surface area contributed by atoms with Crippen molar-refractivity contribution in [1.82, 2.24) is 9.97 Å². The van der Waals surface area contributed by atoms with Crippen molar-refractivity contribution >= 4 is 11.6 Å². The zero-order chi connectivity index (χ0) is 17.5. The van der Waals surface area contributed by atoms with Crippen molar-refractivity contribution in [3.05, 3.63) is 76.7 Å². The third-order valence-corrected chi connectivity index (χ3v) is 4.88. The molecule has 0 bridgehead atoms. The summed E-state index contributed by atoms with van der Waals surface area (Å²) >= 11 is 6.24. The lowest BCUT2D eigenvalue weighted by atomic mass is 10.0. The molecular formula is C22H25ClN2. The van der Waals surface area contributed by atoms with Crippen LogP contribution in [-0.2, 0) is 12.8 Å². The highest BCUT2D eigenvalue weighted by Gasteiger charge is 2.07. The van der Waals surface area contributed by atoms with Crippen molar-refractivity contribution in [3.8, 4) is 11.3 Å². The summed E-state index contributed by atoms with van der Waals surface area (Å²) in [5.41, 5.74) is 4.64. The minimum atomic E-state index is 0.717. The number of hydrogen-bond acceptors (Lipinski definition) is 1. The minimum absolute atomic E-state index is 0.717. The molecule has 0 amide bonds. The van der Waals surface area contributed by atoms with E-state index >= 15 is 0 Å². The lowest BCUT2D eigenvalue weighted by Gasteiger charge is -2.03. The number of nitrogens with one attached hydrogen (secondary N) is 1. The second kappa shape index (κ2) is 8.87. The standard InChI is InChI=1S/C22H25ClN2/c1-2-3-4-5-8-17-11-13-18(14-12-17)21-16-24-22(25-21)15-19-9-6-7-10-20(19)23/h6-7,9-14,16H,2-5,8,15H2,1H3,(H,24,25). The predicted octanol–water partition coefficient (Wildman–Crippen LogP) is 6.44. The van der Waals surface area contributed by atoms with E-state index in [1.165, 1.54) is 37.7 Å². The monoisotopic (exact) mass is 352 g/mol. The van der Waals surface area contributed by atoms with Gasteiger partial charge >= 0.3 is 0 Å². The zero-order valence-corrected chi connectivity index (χ0v) is 15.5. The van der Waals surface area contributed by atoms with Crippen molar-refractivity contribution in [1.29, 1.82) is 0 Å². The molecule has 0 aliphatic heterocycles. The molecule has 0 spiro atoms. The number of aromatic nitrogens is 2. The van der Waals surface area contributed by atoms with E-state index in [0.29, 0.717) is 0 Å². The molecule has 3 aromatic rings. The fraction of sp³-hybridized carbons (Fsp3) is 0.318. The molecule has 0 aliphatic rings. The largest absolute Gasteiger partial charge is 0.348 e. The number of aryl methyl sites for hydroxylation is 1. The molecule has 2 aromatic carbocycles. The number of rotatable bonds is 8. The molecule has 0 radical (unpaired) electrons. The fourth-order valence-corrected chi connectivity index (χ4v) is 3.22. The van der Waals surface area contributed by atoms with E-state index in [-0.39, 0.29) is 0 Å². The van der Waals surface area contributed by atoms with E-state index in [9.17, 15) is 0 Å². The summed E-state index contributed by atoms with van der Waals surface area (Å²) in [7, 11) is 0. The second-order valence-electron chi connectivity index (χ2n) is 6.51. The molecule has 0 atom stereocenters. The summed E-state index contributed by atoms with van der Waals surface area (Å²) in [6.07, 6.45) is 9.07. The topological polar surface area (TPSA) is 28.7 Å². The third-order valence-electron chi connectivity index (χ3n) is 4.52. The van der Waals surface area contributed by atoms with E-state index in [4.69, 9.17) is 16.6 Å². The summed E-state index contributed by atoms with van der Waals surface area (Å²) < 4.78 is 0. The fourth-order valence-electron chi connectivity index (χ4n) is 3.02. The van der Waals surface area contributed by atoms with Crippen LogP contribution in [-0.4, -0.2) is 9.97 Å². The SMILES string of the molecule is CCCCCCc1ccc(-c2c[nH]c(Cc3ccccc3Cl)n2)cc1. The van der Waals surface area contributed by atoms with E-state index in [2.05, 4.69) is 36.2 Å². The highest BCUT2D eigenvalue weighted by Crippen LogP contribution is 2.22. The van der Waals surface area contributed by atoms with Crippen LogP contribution >= 0.6 is 11.6 Å². The van der Waals surface area contributed by atoms with Gasteiger partial charge in [-0.05, 0) is 30.0 Å². The van der Waals surface area contributed by atoms with Gasteiger partial charge in [-0.25, -0.2) is 4.98 Å². The Morgan fingerprint density at radius 2 is 1.76 bits per heavy atom. The lowest BCUT2D eigenvalue weighted by molar-refractivity contribution is 0.667. The van der Waals surface area contributed by atoms with Gasteiger partial charge in [0.15, 0.2) is 0 Å². The molecule has 3 rings (SSSR count). The number of H-pyrrole nitrogens is 1. The van der Waals surface area contributed by atoms with Gasteiger partial charge in [-0.3, -0.25) is 0 Å². The highest BCUT2D eigenvalue weighted by molar-refractivity contribution is 6.31. The Morgan fingerprint density at radius 1 is 0.960 bits per heavy atom. The smallest absolute Gasteiger partial charge is 0.111 e. The Morgan fingerprint density at radius 3 is 2.52 bits per heavy atom. The zero-order valence-electron chi connectivity index (χ0n) is 14.8. The lowest BCUT2D eigenvalue weighted by Crippen LogP contribution is -1.91.